The number of nitrogens with one attached hydrogen (secondary N) is 1. The molecule has 0 bridgehead atoms. The van der Waals surface area contributed by atoms with Gasteiger partial charge in [-0.3, -0.25) is 20.0 Å². The van der Waals surface area contributed by atoms with Crippen LogP contribution in [0, 0.1) is 0 Å². The minimum atomic E-state index is -0.144. The molecule has 2 aromatic rings. The topological polar surface area (TPSA) is 57.3 Å². The molecule has 1 saturated heterocycles. The van der Waals surface area contributed by atoms with Gasteiger partial charge in [-0.05, 0) is 62.2 Å². The fraction of sp³-hybridized carbons (Fsp3) is 0.423. The first-order valence-corrected chi connectivity index (χ1v) is 12.7. The maximum Gasteiger partial charge on any atom is 0.276 e. The standard InChI is InChI=1S/C26H31BrN4O3/c1-18(2)33-25-6-4-3-5-24(25)30-13-11-29(12-14-30)17-21-16-22(28-34-21)26(32)31-10-9-19-15-20(27)7-8-23(19)31/h3-8,15-16,18,21,28H,9-14,17H2,1-2H3. The number of amides is 1. The van der Waals surface area contributed by atoms with Crippen LogP contribution >= 0.6 is 15.9 Å². The summed E-state index contributed by atoms with van der Waals surface area (Å²) in [4.78, 5) is 25.5. The van der Waals surface area contributed by atoms with Crippen LogP contribution < -0.4 is 20.0 Å². The molecule has 1 fully saturated rings. The van der Waals surface area contributed by atoms with Crippen LogP contribution in [0.1, 0.15) is 19.4 Å². The molecular weight excluding hydrogens is 496 g/mol. The Bertz CT molecular complexity index is 1080. The monoisotopic (exact) mass is 526 g/mol. The number of hydroxylamine groups is 1. The van der Waals surface area contributed by atoms with E-state index in [0.29, 0.717) is 12.2 Å². The normalized spacial score (nSPS) is 20.4. The third-order valence-corrected chi connectivity index (χ3v) is 6.96. The molecular formula is C26H31BrN4O3. The quantitative estimate of drug-likeness (QED) is 0.618. The third-order valence-electron chi connectivity index (χ3n) is 6.46. The summed E-state index contributed by atoms with van der Waals surface area (Å²) in [6.45, 7) is 9.27. The molecule has 1 amide bonds. The fourth-order valence-corrected chi connectivity index (χ4v) is 5.23. The lowest BCUT2D eigenvalue weighted by atomic mass is 10.2. The van der Waals surface area contributed by atoms with Gasteiger partial charge in [-0.1, -0.05) is 28.1 Å². The van der Waals surface area contributed by atoms with E-state index in [0.717, 1.165) is 60.7 Å². The number of carbonyl (C=O) groups excluding carboxylic acids is 1. The van der Waals surface area contributed by atoms with Gasteiger partial charge in [0.05, 0.1) is 11.8 Å². The van der Waals surface area contributed by atoms with Crippen LogP contribution in [-0.2, 0) is 16.1 Å². The molecule has 3 aliphatic rings. The number of halogens is 1. The number of carbonyl (C=O) groups is 1. The second-order valence-corrected chi connectivity index (χ2v) is 10.2. The van der Waals surface area contributed by atoms with Crippen molar-refractivity contribution in [2.75, 3.05) is 49.1 Å². The third kappa shape index (κ3) is 4.94. The van der Waals surface area contributed by atoms with Gasteiger partial charge in [0, 0.05) is 49.4 Å². The Morgan fingerprint density at radius 1 is 1.12 bits per heavy atom. The Morgan fingerprint density at radius 2 is 1.91 bits per heavy atom. The Morgan fingerprint density at radius 3 is 2.71 bits per heavy atom. The molecule has 1 N–H and O–H groups in total. The van der Waals surface area contributed by atoms with Gasteiger partial charge in [0.2, 0.25) is 0 Å². The Kier molecular flexibility index (Phi) is 6.81. The van der Waals surface area contributed by atoms with E-state index >= 15 is 0 Å². The molecule has 5 rings (SSSR count). The second kappa shape index (κ2) is 9.98. The molecule has 8 heteroatoms. The Balaban J connectivity index is 1.16. The number of ether oxygens (including phenoxy) is 1. The van der Waals surface area contributed by atoms with Crippen LogP contribution in [-0.4, -0.2) is 62.3 Å². The van der Waals surface area contributed by atoms with Crippen molar-refractivity contribution in [2.24, 2.45) is 0 Å². The fourth-order valence-electron chi connectivity index (χ4n) is 4.82. The van der Waals surface area contributed by atoms with E-state index in [-0.39, 0.29) is 18.1 Å². The van der Waals surface area contributed by atoms with E-state index in [2.05, 4.69) is 63.3 Å². The van der Waals surface area contributed by atoms with E-state index in [9.17, 15) is 4.79 Å². The lowest BCUT2D eigenvalue weighted by Gasteiger charge is -2.37. The largest absolute Gasteiger partial charge is 0.489 e. The minimum Gasteiger partial charge on any atom is -0.489 e. The highest BCUT2D eigenvalue weighted by Crippen LogP contribution is 2.32. The average Bonchev–Trinajstić information content (AvgIpc) is 3.46. The van der Waals surface area contributed by atoms with Crippen molar-refractivity contribution >= 4 is 33.2 Å². The van der Waals surface area contributed by atoms with Crippen LogP contribution in [0.5, 0.6) is 5.75 Å². The van der Waals surface area contributed by atoms with Gasteiger partial charge in [0.1, 0.15) is 17.6 Å². The van der Waals surface area contributed by atoms with Crippen molar-refractivity contribution in [3.05, 3.63) is 64.3 Å². The molecule has 7 nitrogen and oxygen atoms in total. The molecule has 0 saturated carbocycles. The predicted molar refractivity (Wildman–Crippen MR) is 137 cm³/mol. The summed E-state index contributed by atoms with van der Waals surface area (Å²) in [6, 6.07) is 14.3. The minimum absolute atomic E-state index is 0.0323. The zero-order chi connectivity index (χ0) is 23.7. The number of hydrogen-bond acceptors (Lipinski definition) is 6. The SMILES string of the molecule is CC(C)Oc1ccccc1N1CCN(CC2C=C(C(=O)N3CCc4cc(Br)ccc43)NO2)CC1. The molecule has 0 aromatic heterocycles. The van der Waals surface area contributed by atoms with Crippen LogP contribution in [0.4, 0.5) is 11.4 Å². The lowest BCUT2D eigenvalue weighted by molar-refractivity contribution is -0.116. The van der Waals surface area contributed by atoms with E-state index in [1.54, 1.807) is 0 Å². The van der Waals surface area contributed by atoms with Gasteiger partial charge in [-0.25, -0.2) is 0 Å². The number of benzene rings is 2. The number of nitrogens with zero attached hydrogens (tertiary/aromatic N) is 3. The van der Waals surface area contributed by atoms with Crippen molar-refractivity contribution in [3.63, 3.8) is 0 Å². The highest BCUT2D eigenvalue weighted by Gasteiger charge is 2.31. The van der Waals surface area contributed by atoms with E-state index in [1.807, 2.05) is 35.2 Å². The van der Waals surface area contributed by atoms with Crippen molar-refractivity contribution in [3.8, 4) is 5.75 Å². The average molecular weight is 527 g/mol. The summed E-state index contributed by atoms with van der Waals surface area (Å²) < 4.78 is 7.05. The second-order valence-electron chi connectivity index (χ2n) is 9.24. The van der Waals surface area contributed by atoms with E-state index in [4.69, 9.17) is 9.57 Å². The van der Waals surface area contributed by atoms with Gasteiger partial charge >= 0.3 is 0 Å². The molecule has 0 aliphatic carbocycles. The summed E-state index contributed by atoms with van der Waals surface area (Å²) in [5.41, 5.74) is 6.74. The number of piperazine rings is 1. The van der Waals surface area contributed by atoms with Crippen LogP contribution in [0.25, 0.3) is 0 Å². The molecule has 0 spiro atoms. The maximum atomic E-state index is 13.1. The van der Waals surface area contributed by atoms with E-state index in [1.165, 1.54) is 5.56 Å². The molecule has 180 valence electrons. The summed E-state index contributed by atoms with van der Waals surface area (Å²) >= 11 is 3.51. The molecule has 1 unspecified atom stereocenters. The summed E-state index contributed by atoms with van der Waals surface area (Å²) in [6.07, 6.45) is 2.80. The van der Waals surface area contributed by atoms with Gasteiger partial charge in [-0.2, -0.15) is 0 Å². The highest BCUT2D eigenvalue weighted by molar-refractivity contribution is 9.10. The van der Waals surface area contributed by atoms with Gasteiger partial charge in [0.15, 0.2) is 0 Å². The zero-order valence-corrected chi connectivity index (χ0v) is 21.3. The first kappa shape index (κ1) is 23.2. The highest BCUT2D eigenvalue weighted by atomic mass is 79.9. The Labute approximate surface area is 209 Å². The summed E-state index contributed by atoms with van der Waals surface area (Å²) in [5.74, 6) is 0.909. The van der Waals surface area contributed by atoms with Crippen molar-refractivity contribution in [1.29, 1.82) is 0 Å². The van der Waals surface area contributed by atoms with Gasteiger partial charge in [-0.15, -0.1) is 0 Å². The van der Waals surface area contributed by atoms with Gasteiger partial charge < -0.3 is 14.5 Å². The molecule has 3 heterocycles. The van der Waals surface area contributed by atoms with E-state index < -0.39 is 0 Å². The number of hydrogen-bond donors (Lipinski definition) is 1. The molecule has 2 aromatic carbocycles. The number of fused-ring (bicyclic) bond motifs is 1. The first-order valence-electron chi connectivity index (χ1n) is 11.9. The smallest absolute Gasteiger partial charge is 0.276 e. The van der Waals surface area contributed by atoms with Crippen molar-refractivity contribution in [1.82, 2.24) is 10.4 Å². The molecule has 1 atom stereocenters. The first-order chi connectivity index (χ1) is 16.5. The zero-order valence-electron chi connectivity index (χ0n) is 19.7. The number of para-hydroxylation sites is 2. The van der Waals surface area contributed by atoms with Crippen LogP contribution in [0.2, 0.25) is 0 Å². The maximum absolute atomic E-state index is 13.1. The lowest BCUT2D eigenvalue weighted by Crippen LogP contribution is -2.48. The summed E-state index contributed by atoms with van der Waals surface area (Å²) in [5, 5.41) is 0. The van der Waals surface area contributed by atoms with Crippen molar-refractivity contribution in [2.45, 2.75) is 32.5 Å². The van der Waals surface area contributed by atoms with Crippen LogP contribution in [0.3, 0.4) is 0 Å². The Hall–Kier alpha value is -2.55. The van der Waals surface area contributed by atoms with Crippen LogP contribution in [0.15, 0.2) is 58.7 Å². The molecule has 34 heavy (non-hydrogen) atoms. The number of anilines is 2. The molecule has 0 radical (unpaired) electrons. The number of rotatable bonds is 6. The van der Waals surface area contributed by atoms with Gasteiger partial charge in [0.25, 0.3) is 5.91 Å². The molecule has 3 aliphatic heterocycles. The summed E-state index contributed by atoms with van der Waals surface area (Å²) in [7, 11) is 0. The predicted octanol–water partition coefficient (Wildman–Crippen LogP) is 3.73. The van der Waals surface area contributed by atoms with Crippen molar-refractivity contribution < 1.29 is 14.4 Å².